The van der Waals surface area contributed by atoms with E-state index in [2.05, 4.69) is 24.8 Å². The third kappa shape index (κ3) is 4.28. The molecule has 0 aliphatic carbocycles. The largest absolute Gasteiger partial charge is 0.470 e. The summed E-state index contributed by atoms with van der Waals surface area (Å²) in [5.74, 6) is -5.44. The van der Waals surface area contributed by atoms with Crippen LogP contribution in [-0.4, -0.2) is 71.5 Å². The van der Waals surface area contributed by atoms with Crippen molar-refractivity contribution in [1.82, 2.24) is 24.6 Å². The molecular formula is C17H17F5N6O3S. The average Bonchev–Trinajstić information content (AvgIpc) is 3.12. The van der Waals surface area contributed by atoms with Gasteiger partial charge in [0, 0.05) is 20.3 Å². The number of alkyl halides is 5. The van der Waals surface area contributed by atoms with Crippen molar-refractivity contribution in [3.8, 4) is 17.1 Å². The van der Waals surface area contributed by atoms with E-state index < -0.39 is 34.4 Å². The molecule has 0 amide bonds. The minimum Gasteiger partial charge on any atom is -0.470 e. The van der Waals surface area contributed by atoms with Crippen LogP contribution in [0.15, 0.2) is 29.7 Å². The van der Waals surface area contributed by atoms with E-state index in [0.717, 1.165) is 12.4 Å². The maximum atomic E-state index is 13.0. The van der Waals surface area contributed by atoms with Crippen LogP contribution in [0.25, 0.3) is 16.9 Å². The Hall–Kier alpha value is -3.10. The minimum atomic E-state index is -5.78. The Morgan fingerprint density at radius 1 is 1.09 bits per heavy atom. The normalized spacial score (nSPS) is 12.9. The van der Waals surface area contributed by atoms with Crippen LogP contribution in [0.5, 0.6) is 5.88 Å². The fourth-order valence-electron chi connectivity index (χ4n) is 2.60. The summed E-state index contributed by atoms with van der Waals surface area (Å²) in [6, 6.07) is 1.61. The first-order valence-electron chi connectivity index (χ1n) is 8.96. The molecule has 32 heavy (non-hydrogen) atoms. The van der Waals surface area contributed by atoms with Crippen molar-refractivity contribution in [2.45, 2.75) is 24.0 Å². The maximum Gasteiger partial charge on any atom is 0.456 e. The second-order valence-corrected chi connectivity index (χ2v) is 8.94. The van der Waals surface area contributed by atoms with E-state index in [1.807, 2.05) is 0 Å². The number of fused-ring (bicyclic) bond motifs is 1. The highest BCUT2D eigenvalue weighted by Gasteiger charge is 2.58. The highest BCUT2D eigenvalue weighted by atomic mass is 32.2. The van der Waals surface area contributed by atoms with Crippen molar-refractivity contribution in [3.63, 3.8) is 0 Å². The molecule has 3 aromatic heterocycles. The number of sulfone groups is 1. The number of anilines is 1. The van der Waals surface area contributed by atoms with Crippen LogP contribution in [0, 0.1) is 0 Å². The SMILES string of the molecule is CCS(=O)(=O)c1nn2c(N(C)C)ccnc2c1-c1cnc(OCC(F)(F)C(F)(F)F)cn1. The Bertz CT molecular complexity index is 1230. The lowest BCUT2D eigenvalue weighted by Crippen LogP contribution is -2.41. The van der Waals surface area contributed by atoms with Gasteiger partial charge in [-0.1, -0.05) is 6.92 Å². The Morgan fingerprint density at radius 3 is 2.31 bits per heavy atom. The van der Waals surface area contributed by atoms with Gasteiger partial charge in [0.05, 0.1) is 29.4 Å². The minimum absolute atomic E-state index is 0.00946. The highest BCUT2D eigenvalue weighted by Crippen LogP contribution is 2.36. The van der Waals surface area contributed by atoms with Gasteiger partial charge in [-0.3, -0.25) is 0 Å². The fourth-order valence-corrected chi connectivity index (χ4v) is 3.58. The van der Waals surface area contributed by atoms with E-state index in [4.69, 9.17) is 0 Å². The summed E-state index contributed by atoms with van der Waals surface area (Å²) in [6.07, 6.45) is -2.56. The van der Waals surface area contributed by atoms with Crippen LogP contribution in [0.3, 0.4) is 0 Å². The van der Waals surface area contributed by atoms with E-state index >= 15 is 0 Å². The zero-order valence-corrected chi connectivity index (χ0v) is 17.7. The predicted octanol–water partition coefficient (Wildman–Crippen LogP) is 2.62. The summed E-state index contributed by atoms with van der Waals surface area (Å²) in [6.45, 7) is -0.558. The van der Waals surface area contributed by atoms with Crippen LogP contribution >= 0.6 is 0 Å². The Balaban J connectivity index is 2.06. The molecule has 0 spiro atoms. The number of ether oxygens (including phenoxy) is 1. The molecule has 0 saturated carbocycles. The van der Waals surface area contributed by atoms with Crippen LogP contribution in [-0.2, 0) is 9.84 Å². The van der Waals surface area contributed by atoms with Gasteiger partial charge in [-0.05, 0) is 6.07 Å². The molecule has 0 N–H and O–H groups in total. The fraction of sp³-hybridized carbons (Fsp3) is 0.412. The van der Waals surface area contributed by atoms with E-state index in [1.54, 1.807) is 25.1 Å². The topological polar surface area (TPSA) is 103 Å². The van der Waals surface area contributed by atoms with Gasteiger partial charge in [-0.15, -0.1) is 0 Å². The van der Waals surface area contributed by atoms with Gasteiger partial charge in [0.2, 0.25) is 5.88 Å². The van der Waals surface area contributed by atoms with Gasteiger partial charge < -0.3 is 9.64 Å². The number of aromatic nitrogens is 5. The van der Waals surface area contributed by atoms with Gasteiger partial charge in [-0.25, -0.2) is 23.4 Å². The lowest BCUT2D eigenvalue weighted by molar-refractivity contribution is -0.290. The van der Waals surface area contributed by atoms with Crippen LogP contribution in [0.4, 0.5) is 27.8 Å². The molecule has 174 valence electrons. The standard InChI is InChI=1S/C17H17F5N6O3S/c1-4-32(29,30)15-13(14-23-6-5-12(27(2)3)28(14)26-15)10-7-25-11(8-24-10)31-9-16(18,19)17(20,21)22/h5-8H,4,9H2,1-3H3. The predicted molar refractivity (Wildman–Crippen MR) is 103 cm³/mol. The van der Waals surface area contributed by atoms with E-state index in [9.17, 15) is 30.4 Å². The molecule has 0 aliphatic rings. The van der Waals surface area contributed by atoms with E-state index in [1.165, 1.54) is 17.6 Å². The first-order chi connectivity index (χ1) is 14.8. The Labute approximate surface area is 178 Å². The molecule has 3 aromatic rings. The molecule has 9 nitrogen and oxygen atoms in total. The van der Waals surface area contributed by atoms with Gasteiger partial charge >= 0.3 is 12.1 Å². The van der Waals surface area contributed by atoms with Gasteiger partial charge in [-0.2, -0.15) is 31.6 Å². The van der Waals surface area contributed by atoms with Crippen molar-refractivity contribution in [2.24, 2.45) is 0 Å². The second-order valence-electron chi connectivity index (χ2n) is 6.75. The van der Waals surface area contributed by atoms with Gasteiger partial charge in [0.15, 0.2) is 27.1 Å². The van der Waals surface area contributed by atoms with Crippen molar-refractivity contribution in [2.75, 3.05) is 31.4 Å². The molecule has 3 heterocycles. The molecular weight excluding hydrogens is 463 g/mol. The molecule has 15 heteroatoms. The summed E-state index contributed by atoms with van der Waals surface area (Å²) in [4.78, 5) is 13.5. The smallest absolute Gasteiger partial charge is 0.456 e. The van der Waals surface area contributed by atoms with E-state index in [-0.39, 0.29) is 27.7 Å². The zero-order chi connectivity index (χ0) is 23.9. The lowest BCUT2D eigenvalue weighted by Gasteiger charge is -2.19. The number of halogens is 5. The second kappa shape index (κ2) is 8.11. The molecule has 0 unspecified atom stereocenters. The summed E-state index contributed by atoms with van der Waals surface area (Å²) in [5.41, 5.74) is 0.107. The molecule has 0 fully saturated rings. The molecule has 0 bridgehead atoms. The molecule has 0 radical (unpaired) electrons. The van der Waals surface area contributed by atoms with Crippen molar-refractivity contribution in [1.29, 1.82) is 0 Å². The Morgan fingerprint density at radius 2 is 1.78 bits per heavy atom. The summed E-state index contributed by atoms with van der Waals surface area (Å²) in [5, 5.41) is 3.85. The molecule has 0 aromatic carbocycles. The lowest BCUT2D eigenvalue weighted by atomic mass is 10.2. The number of hydrogen-bond donors (Lipinski definition) is 0. The van der Waals surface area contributed by atoms with Crippen LogP contribution < -0.4 is 9.64 Å². The van der Waals surface area contributed by atoms with Crippen LogP contribution in [0.1, 0.15) is 6.92 Å². The quantitative estimate of drug-likeness (QED) is 0.476. The highest BCUT2D eigenvalue weighted by molar-refractivity contribution is 7.91. The molecule has 0 aliphatic heterocycles. The molecule has 0 saturated heterocycles. The average molecular weight is 480 g/mol. The van der Waals surface area contributed by atoms with Crippen molar-refractivity contribution in [3.05, 3.63) is 24.7 Å². The van der Waals surface area contributed by atoms with Gasteiger partial charge in [0.1, 0.15) is 5.82 Å². The van der Waals surface area contributed by atoms with Gasteiger partial charge in [0.25, 0.3) is 0 Å². The first kappa shape index (κ1) is 23.6. The number of rotatable bonds is 7. The first-order valence-corrected chi connectivity index (χ1v) is 10.6. The number of hydrogen-bond acceptors (Lipinski definition) is 8. The zero-order valence-electron chi connectivity index (χ0n) is 16.9. The monoisotopic (exact) mass is 480 g/mol. The summed E-state index contributed by atoms with van der Waals surface area (Å²) in [7, 11) is -0.421. The van der Waals surface area contributed by atoms with Crippen molar-refractivity contribution < 1.29 is 35.1 Å². The molecule has 3 rings (SSSR count). The summed E-state index contributed by atoms with van der Waals surface area (Å²) >= 11 is 0. The van der Waals surface area contributed by atoms with Crippen LogP contribution in [0.2, 0.25) is 0 Å². The third-order valence-corrected chi connectivity index (χ3v) is 5.93. The Kier molecular flexibility index (Phi) is 5.97. The van der Waals surface area contributed by atoms with E-state index in [0.29, 0.717) is 5.82 Å². The number of nitrogens with zero attached hydrogens (tertiary/aromatic N) is 6. The maximum absolute atomic E-state index is 13.0. The third-order valence-electron chi connectivity index (χ3n) is 4.30. The van der Waals surface area contributed by atoms with Crippen molar-refractivity contribution >= 4 is 21.3 Å². The summed E-state index contributed by atoms with van der Waals surface area (Å²) < 4.78 is 93.9. The molecule has 0 atom stereocenters.